The van der Waals surface area contributed by atoms with Gasteiger partial charge in [0.2, 0.25) is 0 Å². The lowest BCUT2D eigenvalue weighted by Crippen LogP contribution is -2.25. The molecule has 1 rings (SSSR count). The zero-order chi connectivity index (χ0) is 20.1. The third kappa shape index (κ3) is 15.5. The van der Waals surface area contributed by atoms with Crippen LogP contribution in [0.15, 0.2) is 12.4 Å². The Morgan fingerprint density at radius 3 is 1.82 bits per heavy atom. The summed E-state index contributed by atoms with van der Waals surface area (Å²) in [6.07, 6.45) is 24.8. The van der Waals surface area contributed by atoms with Gasteiger partial charge in [-0.2, -0.15) is 5.10 Å². The van der Waals surface area contributed by atoms with E-state index in [2.05, 4.69) is 22.4 Å². The number of H-pyrrole nitrogens is 1. The number of nitrogens with zero attached hydrogens (tertiary/aromatic N) is 1. The molecular weight excluding hydrogens is 350 g/mol. The molecule has 1 aromatic heterocycles. The molecule has 1 aromatic rings. The Morgan fingerprint density at radius 2 is 1.36 bits per heavy atom. The molecule has 0 fully saturated rings. The fraction of sp³-hybridized carbons (Fsp3) is 0.826. The normalized spacial score (nSPS) is 10.9. The number of hydrogen-bond acceptors (Lipinski definition) is 3. The van der Waals surface area contributed by atoms with Crippen LogP contribution >= 0.6 is 0 Å². The maximum Gasteiger partial charge on any atom is 0.407 e. The summed E-state index contributed by atoms with van der Waals surface area (Å²) in [5.74, 6) is 0. The molecule has 1 heterocycles. The Morgan fingerprint density at radius 1 is 0.857 bits per heavy atom. The summed E-state index contributed by atoms with van der Waals surface area (Å²) in [7, 11) is 0. The number of alkyl carbamates (subject to hydrolysis) is 1. The Labute approximate surface area is 172 Å². The molecule has 0 bridgehead atoms. The van der Waals surface area contributed by atoms with Crippen LogP contribution in [0, 0.1) is 0 Å². The van der Waals surface area contributed by atoms with Gasteiger partial charge in [-0.25, -0.2) is 4.79 Å². The van der Waals surface area contributed by atoms with Crippen molar-refractivity contribution >= 4 is 6.09 Å². The van der Waals surface area contributed by atoms with Gasteiger partial charge in [0, 0.05) is 18.3 Å². The fourth-order valence-electron chi connectivity index (χ4n) is 3.42. The standard InChI is InChI=1S/C23H43N3O2/c1-2-3-4-5-6-7-8-9-10-11-12-13-14-15-16-17-18-24-23(27)28-21-22-19-25-26-20-22/h19-20H,2-18,21H2,1H3,(H,24,27)(H,25,26). The van der Waals surface area contributed by atoms with Crippen molar-refractivity contribution in [3.8, 4) is 0 Å². The summed E-state index contributed by atoms with van der Waals surface area (Å²) in [5, 5.41) is 9.31. The van der Waals surface area contributed by atoms with Crippen molar-refractivity contribution in [1.82, 2.24) is 15.5 Å². The second-order valence-corrected chi connectivity index (χ2v) is 7.91. The lowest BCUT2D eigenvalue weighted by atomic mass is 10.0. The predicted octanol–water partition coefficient (Wildman–Crippen LogP) is 6.90. The van der Waals surface area contributed by atoms with Crippen molar-refractivity contribution in [2.24, 2.45) is 0 Å². The van der Waals surface area contributed by atoms with Gasteiger partial charge >= 0.3 is 6.09 Å². The van der Waals surface area contributed by atoms with E-state index < -0.39 is 0 Å². The van der Waals surface area contributed by atoms with Crippen LogP contribution in [0.2, 0.25) is 0 Å². The van der Waals surface area contributed by atoms with E-state index >= 15 is 0 Å². The number of aromatic amines is 1. The van der Waals surface area contributed by atoms with Gasteiger partial charge in [0.1, 0.15) is 6.61 Å². The highest BCUT2D eigenvalue weighted by molar-refractivity contribution is 5.67. The zero-order valence-electron chi connectivity index (χ0n) is 18.1. The number of aromatic nitrogens is 2. The minimum atomic E-state index is -0.345. The van der Waals surface area contributed by atoms with Gasteiger partial charge < -0.3 is 10.1 Å². The fourth-order valence-corrected chi connectivity index (χ4v) is 3.42. The van der Waals surface area contributed by atoms with E-state index in [1.807, 2.05) is 0 Å². The largest absolute Gasteiger partial charge is 0.445 e. The van der Waals surface area contributed by atoms with Crippen LogP contribution in [0.25, 0.3) is 0 Å². The molecule has 0 saturated carbocycles. The van der Waals surface area contributed by atoms with Crippen LogP contribution in [0.1, 0.15) is 115 Å². The quantitative estimate of drug-likeness (QED) is 0.251. The molecule has 0 unspecified atom stereocenters. The first-order chi connectivity index (χ1) is 13.8. The third-order valence-electron chi connectivity index (χ3n) is 5.22. The minimum Gasteiger partial charge on any atom is -0.445 e. The molecule has 28 heavy (non-hydrogen) atoms. The summed E-state index contributed by atoms with van der Waals surface area (Å²) in [6, 6.07) is 0. The molecular formula is C23H43N3O2. The van der Waals surface area contributed by atoms with Gasteiger partial charge in [-0.05, 0) is 6.42 Å². The number of carbonyl (C=O) groups is 1. The zero-order valence-corrected chi connectivity index (χ0v) is 18.1. The molecule has 162 valence electrons. The number of carbonyl (C=O) groups excluding carboxylic acids is 1. The smallest absolute Gasteiger partial charge is 0.407 e. The Kier molecular flexibility index (Phi) is 16.5. The first-order valence-electron chi connectivity index (χ1n) is 11.7. The van der Waals surface area contributed by atoms with Crippen LogP contribution in [0.4, 0.5) is 4.79 Å². The number of unbranched alkanes of at least 4 members (excludes halogenated alkanes) is 15. The molecule has 0 aliphatic rings. The van der Waals surface area contributed by atoms with Crippen molar-refractivity contribution in [2.45, 2.75) is 116 Å². The number of nitrogens with one attached hydrogen (secondary N) is 2. The topological polar surface area (TPSA) is 67.0 Å². The molecule has 0 saturated heterocycles. The predicted molar refractivity (Wildman–Crippen MR) is 116 cm³/mol. The van der Waals surface area contributed by atoms with Gasteiger partial charge in [-0.15, -0.1) is 0 Å². The van der Waals surface area contributed by atoms with Crippen LogP contribution in [0.5, 0.6) is 0 Å². The molecule has 1 amide bonds. The van der Waals surface area contributed by atoms with Crippen LogP contribution in [-0.4, -0.2) is 22.8 Å². The minimum absolute atomic E-state index is 0.265. The molecule has 0 aliphatic heterocycles. The molecule has 0 atom stereocenters. The van der Waals surface area contributed by atoms with Crippen molar-refractivity contribution in [2.75, 3.05) is 6.54 Å². The van der Waals surface area contributed by atoms with Crippen LogP contribution in [0.3, 0.4) is 0 Å². The average Bonchev–Trinajstić information content (AvgIpc) is 3.22. The summed E-state index contributed by atoms with van der Waals surface area (Å²) >= 11 is 0. The Balaban J connectivity index is 1.71. The van der Waals surface area contributed by atoms with Crippen molar-refractivity contribution < 1.29 is 9.53 Å². The van der Waals surface area contributed by atoms with Gasteiger partial charge in [0.15, 0.2) is 0 Å². The number of amides is 1. The van der Waals surface area contributed by atoms with Gasteiger partial charge in [-0.3, -0.25) is 5.10 Å². The van der Waals surface area contributed by atoms with E-state index in [-0.39, 0.29) is 12.7 Å². The van der Waals surface area contributed by atoms with Gasteiger partial charge in [-0.1, -0.05) is 103 Å². The highest BCUT2D eigenvalue weighted by Gasteiger charge is 2.02. The third-order valence-corrected chi connectivity index (χ3v) is 5.22. The molecule has 5 nitrogen and oxygen atoms in total. The SMILES string of the molecule is CCCCCCCCCCCCCCCCCCNC(=O)OCc1cn[nH]c1. The number of hydrogen-bond donors (Lipinski definition) is 2. The van der Waals surface area contributed by atoms with E-state index in [1.54, 1.807) is 12.4 Å². The monoisotopic (exact) mass is 393 g/mol. The second kappa shape index (κ2) is 18.8. The highest BCUT2D eigenvalue weighted by Crippen LogP contribution is 2.13. The second-order valence-electron chi connectivity index (χ2n) is 7.91. The highest BCUT2D eigenvalue weighted by atomic mass is 16.5. The lowest BCUT2D eigenvalue weighted by molar-refractivity contribution is 0.139. The van der Waals surface area contributed by atoms with E-state index in [0.717, 1.165) is 12.0 Å². The molecule has 5 heteroatoms. The Bertz CT molecular complexity index is 449. The molecule has 0 spiro atoms. The van der Waals surface area contributed by atoms with E-state index in [1.165, 1.54) is 96.3 Å². The maximum absolute atomic E-state index is 11.5. The summed E-state index contributed by atoms with van der Waals surface area (Å²) in [5.41, 5.74) is 0.873. The van der Waals surface area contributed by atoms with Crippen LogP contribution < -0.4 is 5.32 Å². The maximum atomic E-state index is 11.5. The molecule has 0 radical (unpaired) electrons. The van der Waals surface area contributed by atoms with E-state index in [4.69, 9.17) is 4.74 Å². The van der Waals surface area contributed by atoms with Crippen molar-refractivity contribution in [3.05, 3.63) is 18.0 Å². The van der Waals surface area contributed by atoms with Crippen molar-refractivity contribution in [3.63, 3.8) is 0 Å². The lowest BCUT2D eigenvalue weighted by Gasteiger charge is -2.06. The van der Waals surface area contributed by atoms with Gasteiger partial charge in [0.05, 0.1) is 6.20 Å². The first-order valence-corrected chi connectivity index (χ1v) is 11.7. The van der Waals surface area contributed by atoms with Crippen LogP contribution in [-0.2, 0) is 11.3 Å². The summed E-state index contributed by atoms with van der Waals surface area (Å²) < 4.78 is 5.11. The number of ether oxygens (including phenoxy) is 1. The number of rotatable bonds is 19. The summed E-state index contributed by atoms with van der Waals surface area (Å²) in [4.78, 5) is 11.5. The van der Waals surface area contributed by atoms with E-state index in [9.17, 15) is 4.79 Å². The van der Waals surface area contributed by atoms with E-state index in [0.29, 0.717) is 6.54 Å². The first kappa shape index (κ1) is 24.5. The molecule has 0 aromatic carbocycles. The average molecular weight is 394 g/mol. The van der Waals surface area contributed by atoms with Crippen molar-refractivity contribution in [1.29, 1.82) is 0 Å². The molecule has 0 aliphatic carbocycles. The summed E-state index contributed by atoms with van der Waals surface area (Å²) in [6.45, 7) is 3.24. The Hall–Kier alpha value is -1.52. The molecule has 2 N–H and O–H groups in total. The van der Waals surface area contributed by atoms with Gasteiger partial charge in [0.25, 0.3) is 0 Å².